The van der Waals surface area contributed by atoms with Crippen molar-refractivity contribution in [2.75, 3.05) is 0 Å². The van der Waals surface area contributed by atoms with Crippen LogP contribution in [0, 0.1) is 0 Å². The molecule has 0 aliphatic heterocycles. The van der Waals surface area contributed by atoms with E-state index in [1.807, 2.05) is 0 Å². The van der Waals surface area contributed by atoms with Crippen LogP contribution in [0.2, 0.25) is 0 Å². The van der Waals surface area contributed by atoms with E-state index in [0.717, 1.165) is 0 Å². The van der Waals surface area contributed by atoms with Crippen LogP contribution in [0.25, 0.3) is 0 Å². The van der Waals surface area contributed by atoms with Gasteiger partial charge >= 0.3 is 0 Å². The fourth-order valence-corrected chi connectivity index (χ4v) is 0.941. The van der Waals surface area contributed by atoms with Gasteiger partial charge in [0.15, 0.2) is 0 Å². The standard InChI is InChI=1S/C8H8ClFO/c9-8(10)7(11)6-4-2-1-3-5-6/h1-5,7-8,11H. The molecule has 60 valence electrons. The maximum absolute atomic E-state index is 12.3. The highest BCUT2D eigenvalue weighted by molar-refractivity contribution is 6.20. The summed E-state index contributed by atoms with van der Waals surface area (Å²) in [5.41, 5.74) is -1.24. The first-order chi connectivity index (χ1) is 5.22. The number of halogens is 2. The van der Waals surface area contributed by atoms with Gasteiger partial charge in [0.25, 0.3) is 0 Å². The van der Waals surface area contributed by atoms with E-state index in [2.05, 4.69) is 0 Å². The van der Waals surface area contributed by atoms with Crippen molar-refractivity contribution in [2.45, 2.75) is 11.7 Å². The molecule has 2 atom stereocenters. The molecule has 1 N–H and O–H groups in total. The van der Waals surface area contributed by atoms with E-state index in [0.29, 0.717) is 5.56 Å². The number of hydrogen-bond donors (Lipinski definition) is 1. The lowest BCUT2D eigenvalue weighted by Gasteiger charge is -2.09. The predicted octanol–water partition coefficient (Wildman–Crippen LogP) is 2.25. The Balaban J connectivity index is 2.77. The van der Waals surface area contributed by atoms with Gasteiger partial charge in [0, 0.05) is 0 Å². The van der Waals surface area contributed by atoms with Crippen molar-refractivity contribution in [1.82, 2.24) is 0 Å². The molecule has 0 aliphatic rings. The Morgan fingerprint density at radius 3 is 2.27 bits per heavy atom. The zero-order valence-corrected chi connectivity index (χ0v) is 6.50. The molecule has 0 aromatic heterocycles. The minimum atomic E-state index is -1.74. The van der Waals surface area contributed by atoms with Gasteiger partial charge < -0.3 is 5.11 Å². The molecule has 0 amide bonds. The maximum atomic E-state index is 12.3. The molecule has 0 aliphatic carbocycles. The molecule has 0 spiro atoms. The molecular formula is C8H8ClFO. The molecule has 0 radical (unpaired) electrons. The smallest absolute Gasteiger partial charge is 0.203 e. The van der Waals surface area contributed by atoms with Crippen LogP contribution < -0.4 is 0 Å². The number of aliphatic hydroxyl groups is 1. The Bertz CT molecular complexity index is 213. The summed E-state index contributed by atoms with van der Waals surface area (Å²) in [6.07, 6.45) is -1.22. The van der Waals surface area contributed by atoms with Gasteiger partial charge in [-0.15, -0.1) is 0 Å². The molecular weight excluding hydrogens is 167 g/mol. The van der Waals surface area contributed by atoms with E-state index in [4.69, 9.17) is 16.7 Å². The lowest BCUT2D eigenvalue weighted by molar-refractivity contribution is 0.120. The third kappa shape index (κ3) is 2.17. The van der Waals surface area contributed by atoms with Gasteiger partial charge in [0.1, 0.15) is 6.10 Å². The summed E-state index contributed by atoms with van der Waals surface area (Å²) in [7, 11) is 0. The first kappa shape index (κ1) is 8.50. The van der Waals surface area contributed by atoms with Gasteiger partial charge in [-0.2, -0.15) is 0 Å². The van der Waals surface area contributed by atoms with Crippen molar-refractivity contribution < 1.29 is 9.50 Å². The van der Waals surface area contributed by atoms with E-state index in [9.17, 15) is 4.39 Å². The molecule has 0 bridgehead atoms. The summed E-state index contributed by atoms with van der Waals surface area (Å²) >= 11 is 5.05. The fraction of sp³-hybridized carbons (Fsp3) is 0.250. The molecule has 1 aromatic carbocycles. The summed E-state index contributed by atoms with van der Waals surface area (Å²) in [6.45, 7) is 0. The number of benzene rings is 1. The number of hydrogen-bond acceptors (Lipinski definition) is 1. The summed E-state index contributed by atoms with van der Waals surface area (Å²) in [5, 5.41) is 9.09. The van der Waals surface area contributed by atoms with Crippen LogP contribution in [0.1, 0.15) is 11.7 Å². The minimum absolute atomic E-state index is 0.495. The third-order valence-corrected chi connectivity index (χ3v) is 1.62. The predicted molar refractivity (Wildman–Crippen MR) is 42.2 cm³/mol. The van der Waals surface area contributed by atoms with Crippen molar-refractivity contribution in [2.24, 2.45) is 0 Å². The van der Waals surface area contributed by atoms with Crippen LogP contribution in [0.3, 0.4) is 0 Å². The Morgan fingerprint density at radius 1 is 1.27 bits per heavy atom. The van der Waals surface area contributed by atoms with Crippen LogP contribution in [-0.2, 0) is 0 Å². The highest BCUT2D eigenvalue weighted by Crippen LogP contribution is 2.20. The minimum Gasteiger partial charge on any atom is -0.384 e. The average molecular weight is 175 g/mol. The monoisotopic (exact) mass is 174 g/mol. The number of aliphatic hydroxyl groups excluding tert-OH is 1. The van der Waals surface area contributed by atoms with Gasteiger partial charge in [-0.3, -0.25) is 0 Å². The van der Waals surface area contributed by atoms with Crippen molar-refractivity contribution in [3.05, 3.63) is 35.9 Å². The van der Waals surface area contributed by atoms with E-state index in [1.165, 1.54) is 0 Å². The average Bonchev–Trinajstić information content (AvgIpc) is 2.05. The van der Waals surface area contributed by atoms with Crippen molar-refractivity contribution in [3.8, 4) is 0 Å². The maximum Gasteiger partial charge on any atom is 0.203 e. The molecule has 1 rings (SSSR count). The highest BCUT2D eigenvalue weighted by atomic mass is 35.5. The zero-order valence-electron chi connectivity index (χ0n) is 5.74. The first-order valence-corrected chi connectivity index (χ1v) is 3.66. The molecule has 0 heterocycles. The van der Waals surface area contributed by atoms with E-state index >= 15 is 0 Å². The van der Waals surface area contributed by atoms with Gasteiger partial charge in [-0.1, -0.05) is 41.9 Å². The normalized spacial score (nSPS) is 15.9. The summed E-state index contributed by atoms with van der Waals surface area (Å²) in [5.74, 6) is 0. The molecule has 3 heteroatoms. The molecule has 0 saturated heterocycles. The quantitative estimate of drug-likeness (QED) is 0.682. The summed E-state index contributed by atoms with van der Waals surface area (Å²) in [4.78, 5) is 0. The molecule has 2 unspecified atom stereocenters. The van der Waals surface area contributed by atoms with Crippen LogP contribution in [0.5, 0.6) is 0 Å². The number of rotatable bonds is 2. The fourth-order valence-electron chi connectivity index (χ4n) is 0.796. The van der Waals surface area contributed by atoms with Gasteiger partial charge in [0.2, 0.25) is 5.63 Å². The third-order valence-electron chi connectivity index (χ3n) is 1.38. The lowest BCUT2D eigenvalue weighted by atomic mass is 10.1. The molecule has 11 heavy (non-hydrogen) atoms. The Morgan fingerprint density at radius 2 is 1.82 bits per heavy atom. The second-order valence-electron chi connectivity index (χ2n) is 2.19. The van der Waals surface area contributed by atoms with E-state index in [1.54, 1.807) is 30.3 Å². The topological polar surface area (TPSA) is 20.2 Å². The Labute approximate surface area is 69.4 Å². The van der Waals surface area contributed by atoms with Crippen molar-refractivity contribution in [1.29, 1.82) is 0 Å². The highest BCUT2D eigenvalue weighted by Gasteiger charge is 2.15. The van der Waals surface area contributed by atoms with Crippen LogP contribution in [0.15, 0.2) is 30.3 Å². The molecule has 0 saturated carbocycles. The van der Waals surface area contributed by atoms with Gasteiger partial charge in [-0.25, -0.2) is 4.39 Å². The Kier molecular flexibility index (Phi) is 2.85. The van der Waals surface area contributed by atoms with Crippen LogP contribution >= 0.6 is 11.6 Å². The molecule has 1 aromatic rings. The van der Waals surface area contributed by atoms with Gasteiger partial charge in [0.05, 0.1) is 0 Å². The summed E-state index contributed by atoms with van der Waals surface area (Å²) in [6, 6.07) is 8.48. The summed E-state index contributed by atoms with van der Waals surface area (Å²) < 4.78 is 12.3. The van der Waals surface area contributed by atoms with Crippen molar-refractivity contribution >= 4 is 11.6 Å². The first-order valence-electron chi connectivity index (χ1n) is 3.23. The largest absolute Gasteiger partial charge is 0.384 e. The second-order valence-corrected chi connectivity index (χ2v) is 2.61. The van der Waals surface area contributed by atoms with Crippen LogP contribution in [0.4, 0.5) is 4.39 Å². The lowest BCUT2D eigenvalue weighted by Crippen LogP contribution is -2.06. The SMILES string of the molecule is OC(c1ccccc1)C(F)Cl. The second kappa shape index (κ2) is 3.69. The Hall–Kier alpha value is -0.600. The molecule has 1 nitrogen and oxygen atoms in total. The van der Waals surface area contributed by atoms with Crippen LogP contribution in [-0.4, -0.2) is 10.7 Å². The van der Waals surface area contributed by atoms with Crippen molar-refractivity contribution in [3.63, 3.8) is 0 Å². The molecule has 0 fully saturated rings. The number of alkyl halides is 2. The van der Waals surface area contributed by atoms with E-state index < -0.39 is 11.7 Å². The van der Waals surface area contributed by atoms with E-state index in [-0.39, 0.29) is 0 Å². The zero-order chi connectivity index (χ0) is 8.27. The van der Waals surface area contributed by atoms with Gasteiger partial charge in [-0.05, 0) is 5.56 Å².